The predicted octanol–water partition coefficient (Wildman–Crippen LogP) is 3.67. The average molecular weight is 395 g/mol. The van der Waals surface area contributed by atoms with E-state index < -0.39 is 0 Å². The van der Waals surface area contributed by atoms with Gasteiger partial charge < -0.3 is 10.1 Å². The number of hydrogen-bond acceptors (Lipinski definition) is 4. The Morgan fingerprint density at radius 3 is 2.45 bits per heavy atom. The average Bonchev–Trinajstić information content (AvgIpc) is 3.17. The van der Waals surface area contributed by atoms with E-state index in [4.69, 9.17) is 0 Å². The van der Waals surface area contributed by atoms with Crippen molar-refractivity contribution in [2.75, 3.05) is 13.7 Å². The highest BCUT2D eigenvalue weighted by Crippen LogP contribution is 2.24. The van der Waals surface area contributed by atoms with Crippen LogP contribution in [0.4, 0.5) is 4.39 Å². The minimum Gasteiger partial charge on any atom is -0.469 e. The monoisotopic (exact) mass is 395 g/mol. The van der Waals surface area contributed by atoms with Gasteiger partial charge in [0.15, 0.2) is 0 Å². The number of carbonyl (C=O) groups is 2. The molecule has 0 atom stereocenters. The number of carbonyl (C=O) groups excluding carboxylic acids is 2. The summed E-state index contributed by atoms with van der Waals surface area (Å²) in [5, 5.41) is 7.37. The zero-order valence-corrected chi connectivity index (χ0v) is 16.3. The van der Waals surface area contributed by atoms with Gasteiger partial charge in [0.2, 0.25) is 0 Å². The van der Waals surface area contributed by atoms with E-state index in [0.717, 1.165) is 11.1 Å². The van der Waals surface area contributed by atoms with Crippen LogP contribution in [-0.4, -0.2) is 35.3 Å². The molecule has 0 spiro atoms. The lowest BCUT2D eigenvalue weighted by atomic mass is 10.1. The molecule has 1 aromatic heterocycles. The van der Waals surface area contributed by atoms with E-state index >= 15 is 0 Å². The number of hydrogen-bond donors (Lipinski definition) is 1. The van der Waals surface area contributed by atoms with Crippen molar-refractivity contribution in [3.05, 3.63) is 71.7 Å². The van der Waals surface area contributed by atoms with Gasteiger partial charge in [0.1, 0.15) is 11.5 Å². The molecule has 0 unspecified atom stereocenters. The third kappa shape index (κ3) is 5.07. The molecule has 1 heterocycles. The number of nitrogens with zero attached hydrogens (tertiary/aromatic N) is 2. The highest BCUT2D eigenvalue weighted by molar-refractivity contribution is 6.00. The van der Waals surface area contributed by atoms with Crippen molar-refractivity contribution in [3.8, 4) is 16.9 Å². The highest BCUT2D eigenvalue weighted by atomic mass is 19.1. The molecule has 150 valence electrons. The van der Waals surface area contributed by atoms with Gasteiger partial charge in [-0.15, -0.1) is 0 Å². The summed E-state index contributed by atoms with van der Waals surface area (Å²) >= 11 is 0. The number of halogens is 1. The van der Waals surface area contributed by atoms with Crippen LogP contribution in [0.15, 0.2) is 54.7 Å². The molecule has 0 bridgehead atoms. The Kier molecular flexibility index (Phi) is 6.39. The molecule has 1 amide bonds. The van der Waals surface area contributed by atoms with Gasteiger partial charge in [-0.1, -0.05) is 29.8 Å². The maximum absolute atomic E-state index is 13.2. The van der Waals surface area contributed by atoms with Crippen LogP contribution in [0.25, 0.3) is 16.9 Å². The Labute approximate surface area is 168 Å². The number of aromatic nitrogens is 2. The molecule has 7 heteroatoms. The van der Waals surface area contributed by atoms with Gasteiger partial charge >= 0.3 is 5.97 Å². The molecule has 1 N–H and O–H groups in total. The van der Waals surface area contributed by atoms with Gasteiger partial charge in [-0.2, -0.15) is 5.10 Å². The summed E-state index contributed by atoms with van der Waals surface area (Å²) in [5.41, 5.74) is 3.47. The molecule has 0 radical (unpaired) electrons. The van der Waals surface area contributed by atoms with Crippen LogP contribution in [0.3, 0.4) is 0 Å². The first-order valence-electron chi connectivity index (χ1n) is 9.25. The van der Waals surface area contributed by atoms with Crippen molar-refractivity contribution in [3.63, 3.8) is 0 Å². The molecule has 0 aliphatic rings. The van der Waals surface area contributed by atoms with Crippen molar-refractivity contribution >= 4 is 11.9 Å². The third-order valence-corrected chi connectivity index (χ3v) is 4.45. The van der Waals surface area contributed by atoms with Gasteiger partial charge in [-0.25, -0.2) is 9.07 Å². The quantitative estimate of drug-likeness (QED) is 0.489. The van der Waals surface area contributed by atoms with E-state index in [0.29, 0.717) is 29.9 Å². The van der Waals surface area contributed by atoms with Crippen molar-refractivity contribution in [2.24, 2.45) is 0 Å². The fourth-order valence-electron chi connectivity index (χ4n) is 2.82. The molecule has 3 aromatic rings. The molecule has 6 nitrogen and oxygen atoms in total. The van der Waals surface area contributed by atoms with Gasteiger partial charge in [0.05, 0.1) is 18.4 Å². The lowest BCUT2D eigenvalue weighted by Crippen LogP contribution is -2.25. The van der Waals surface area contributed by atoms with E-state index in [9.17, 15) is 14.0 Å². The first-order valence-corrected chi connectivity index (χ1v) is 9.25. The smallest absolute Gasteiger partial charge is 0.305 e. The Morgan fingerprint density at radius 2 is 1.79 bits per heavy atom. The van der Waals surface area contributed by atoms with E-state index in [1.165, 1.54) is 19.2 Å². The number of esters is 1. The molecule has 0 saturated carbocycles. The fourth-order valence-corrected chi connectivity index (χ4v) is 2.82. The van der Waals surface area contributed by atoms with Gasteiger partial charge in [0, 0.05) is 24.7 Å². The minimum atomic E-state index is -0.344. The van der Waals surface area contributed by atoms with Crippen LogP contribution in [0.5, 0.6) is 0 Å². The van der Waals surface area contributed by atoms with Crippen molar-refractivity contribution in [2.45, 2.75) is 19.8 Å². The first-order chi connectivity index (χ1) is 14.0. The number of aryl methyl sites for hydroxylation is 1. The Bertz CT molecular complexity index is 995. The summed E-state index contributed by atoms with van der Waals surface area (Å²) < 4.78 is 19.4. The Balaban J connectivity index is 1.87. The van der Waals surface area contributed by atoms with Crippen LogP contribution in [0.2, 0.25) is 0 Å². The molecule has 0 saturated heterocycles. The lowest BCUT2D eigenvalue weighted by molar-refractivity contribution is -0.140. The normalized spacial score (nSPS) is 10.6. The predicted molar refractivity (Wildman–Crippen MR) is 107 cm³/mol. The van der Waals surface area contributed by atoms with Crippen molar-refractivity contribution in [1.82, 2.24) is 15.1 Å². The molecular weight excluding hydrogens is 373 g/mol. The number of ether oxygens (including phenoxy) is 1. The first kappa shape index (κ1) is 20.3. The summed E-state index contributed by atoms with van der Waals surface area (Å²) in [6.07, 6.45) is 2.33. The zero-order valence-electron chi connectivity index (χ0n) is 16.3. The maximum atomic E-state index is 13.2. The molecule has 0 aliphatic carbocycles. The van der Waals surface area contributed by atoms with Gasteiger partial charge in [-0.05, 0) is 37.6 Å². The summed E-state index contributed by atoms with van der Waals surface area (Å²) in [5.74, 6) is -0.953. The summed E-state index contributed by atoms with van der Waals surface area (Å²) in [7, 11) is 1.33. The van der Waals surface area contributed by atoms with Gasteiger partial charge in [0.25, 0.3) is 5.91 Å². The number of rotatable bonds is 7. The largest absolute Gasteiger partial charge is 0.469 e. The Hall–Kier alpha value is -3.48. The van der Waals surface area contributed by atoms with Crippen LogP contribution in [0.1, 0.15) is 28.8 Å². The second-order valence-electron chi connectivity index (χ2n) is 6.61. The minimum absolute atomic E-state index is 0.233. The fraction of sp³-hybridized carbons (Fsp3) is 0.227. The lowest BCUT2D eigenvalue weighted by Gasteiger charge is -2.05. The molecular formula is C22H22FN3O3. The van der Waals surface area contributed by atoms with E-state index in [1.807, 2.05) is 31.2 Å². The van der Waals surface area contributed by atoms with E-state index in [1.54, 1.807) is 23.0 Å². The molecule has 0 aliphatic heterocycles. The van der Waals surface area contributed by atoms with E-state index in [-0.39, 0.29) is 24.1 Å². The molecule has 0 fully saturated rings. The number of methoxy groups -OCH3 is 1. The summed E-state index contributed by atoms with van der Waals surface area (Å²) in [6, 6.07) is 13.6. The van der Waals surface area contributed by atoms with Crippen LogP contribution < -0.4 is 5.32 Å². The van der Waals surface area contributed by atoms with Crippen molar-refractivity contribution < 1.29 is 18.7 Å². The number of benzene rings is 2. The van der Waals surface area contributed by atoms with Crippen LogP contribution in [-0.2, 0) is 9.53 Å². The summed E-state index contributed by atoms with van der Waals surface area (Å²) in [6.45, 7) is 2.32. The summed E-state index contributed by atoms with van der Waals surface area (Å²) in [4.78, 5) is 24.0. The highest BCUT2D eigenvalue weighted by Gasteiger charge is 2.18. The third-order valence-electron chi connectivity index (χ3n) is 4.45. The SMILES string of the molecule is COC(=O)CCCNC(=O)c1cn(-c2ccc(F)cc2)nc1-c1ccc(C)cc1. The second-order valence-corrected chi connectivity index (χ2v) is 6.61. The zero-order chi connectivity index (χ0) is 20.8. The number of amides is 1. The van der Waals surface area contributed by atoms with Gasteiger partial charge in [-0.3, -0.25) is 9.59 Å². The van der Waals surface area contributed by atoms with Crippen LogP contribution >= 0.6 is 0 Å². The van der Waals surface area contributed by atoms with Crippen molar-refractivity contribution in [1.29, 1.82) is 0 Å². The standard InChI is InChI=1S/C22H22FN3O3/c1-15-5-7-16(8-6-15)21-19(22(28)24-13-3-4-20(27)29-2)14-26(25-21)18-11-9-17(23)10-12-18/h5-12,14H,3-4,13H2,1-2H3,(H,24,28). The Morgan fingerprint density at radius 1 is 1.10 bits per heavy atom. The number of nitrogens with one attached hydrogen (secondary N) is 1. The topological polar surface area (TPSA) is 73.2 Å². The van der Waals surface area contributed by atoms with E-state index in [2.05, 4.69) is 15.2 Å². The second kappa shape index (κ2) is 9.14. The van der Waals surface area contributed by atoms with Crippen LogP contribution in [0, 0.1) is 12.7 Å². The molecule has 29 heavy (non-hydrogen) atoms. The molecule has 3 rings (SSSR count). The molecule has 2 aromatic carbocycles. The maximum Gasteiger partial charge on any atom is 0.305 e.